The number of ketones is 2. The van der Waals surface area contributed by atoms with Crippen molar-refractivity contribution in [2.45, 2.75) is 120 Å². The molecule has 1 fully saturated rings. The number of rotatable bonds is 31. The second-order valence-corrected chi connectivity index (χ2v) is 18.4. The second-order valence-electron chi connectivity index (χ2n) is 17.6. The smallest absolute Gasteiger partial charge is 0.246 e. The van der Waals surface area contributed by atoms with Crippen LogP contribution in [0.1, 0.15) is 76.3 Å². The molecular weight excluding hydrogens is 1000 g/mol. The highest BCUT2D eigenvalue weighted by atomic mass is 32.1. The number of hydrogen-bond donors (Lipinski definition) is 13. The molecule has 0 saturated carbocycles. The fourth-order valence-corrected chi connectivity index (χ4v) is 8.18. The van der Waals surface area contributed by atoms with E-state index in [1.54, 1.807) is 42.5 Å². The van der Waals surface area contributed by atoms with Gasteiger partial charge in [-0.15, -0.1) is 0 Å². The third kappa shape index (κ3) is 21.5. The van der Waals surface area contributed by atoms with Crippen molar-refractivity contribution in [3.8, 4) is 5.75 Å². The predicted molar refractivity (Wildman–Crippen MR) is 278 cm³/mol. The minimum atomic E-state index is -1.63. The summed E-state index contributed by atoms with van der Waals surface area (Å²) in [7, 11) is 0. The van der Waals surface area contributed by atoms with E-state index in [0.717, 1.165) is 0 Å². The Morgan fingerprint density at radius 2 is 1.22 bits per heavy atom. The molecule has 0 aromatic heterocycles. The molecule has 0 aliphatic carbocycles. The molecule has 1 aliphatic heterocycles. The summed E-state index contributed by atoms with van der Waals surface area (Å²) in [6.45, 7) is 2.12. The maximum atomic E-state index is 14.2. The van der Waals surface area contributed by atoms with Crippen molar-refractivity contribution in [1.82, 2.24) is 42.1 Å². The molecule has 14 N–H and O–H groups in total. The lowest BCUT2D eigenvalue weighted by Crippen LogP contribution is -2.60. The van der Waals surface area contributed by atoms with Crippen molar-refractivity contribution in [3.05, 3.63) is 65.7 Å². The summed E-state index contributed by atoms with van der Waals surface area (Å²) >= 11 is 8.39. The molecule has 2 aromatic rings. The van der Waals surface area contributed by atoms with E-state index in [4.69, 9.17) is 17.2 Å². The Morgan fingerprint density at radius 3 is 1.80 bits per heavy atom. The van der Waals surface area contributed by atoms with E-state index in [1.165, 1.54) is 30.9 Å². The topological polar surface area (TPSA) is 386 Å². The van der Waals surface area contributed by atoms with Gasteiger partial charge in [0.2, 0.25) is 53.2 Å². The molecule has 26 heteroatoms. The Bertz CT molecular complexity index is 2340. The molecule has 1 saturated heterocycles. The highest BCUT2D eigenvalue weighted by Crippen LogP contribution is 2.20. The van der Waals surface area contributed by atoms with Crippen LogP contribution in [0.5, 0.6) is 5.75 Å². The SMILES string of the molecule is CC(=O)CC[C@H](NC(=O)[C@H](CC(C)=O)NC(=O)[C@H](Cc1ccccc1)NC(=O)[C@H](Cc1ccc(O)cc1)NC(=O)CCS)C(=O)N[C@@H](CS)C(=O)N1CCC[C@H]1C(=O)N[C@H](CCCN=C(N)N)C(=O)NCC(N)=O. The fourth-order valence-electron chi connectivity index (χ4n) is 7.73. The summed E-state index contributed by atoms with van der Waals surface area (Å²) in [6.07, 6.45) is -0.433. The van der Waals surface area contributed by atoms with Crippen LogP contribution in [0.4, 0.5) is 0 Å². The van der Waals surface area contributed by atoms with Gasteiger partial charge in [-0.1, -0.05) is 42.5 Å². The lowest BCUT2D eigenvalue weighted by atomic mass is 10.0. The molecule has 74 heavy (non-hydrogen) atoms. The fraction of sp³-hybridized carbons (Fsp3) is 0.500. The molecule has 0 unspecified atom stereocenters. The molecule has 0 bridgehead atoms. The molecule has 24 nitrogen and oxygen atoms in total. The zero-order chi connectivity index (χ0) is 54.9. The van der Waals surface area contributed by atoms with Gasteiger partial charge in [-0.2, -0.15) is 25.3 Å². The van der Waals surface area contributed by atoms with Crippen molar-refractivity contribution in [3.63, 3.8) is 0 Å². The number of likely N-dealkylation sites (tertiary alicyclic amines) is 1. The number of guanidine groups is 1. The molecule has 0 radical (unpaired) electrons. The molecule has 2 aromatic carbocycles. The molecule has 9 amide bonds. The number of thiol groups is 2. The van der Waals surface area contributed by atoms with E-state index < -0.39 is 114 Å². The summed E-state index contributed by atoms with van der Waals surface area (Å²) in [4.78, 5) is 151. The number of primary amides is 1. The maximum Gasteiger partial charge on any atom is 0.246 e. The molecule has 0 spiro atoms. The highest BCUT2D eigenvalue weighted by Gasteiger charge is 2.40. The lowest BCUT2D eigenvalue weighted by molar-refractivity contribution is -0.142. The predicted octanol–water partition coefficient (Wildman–Crippen LogP) is -2.67. The van der Waals surface area contributed by atoms with Crippen molar-refractivity contribution < 1.29 is 57.8 Å². The van der Waals surface area contributed by atoms with Crippen molar-refractivity contribution in [2.24, 2.45) is 22.2 Å². The van der Waals surface area contributed by atoms with Crippen LogP contribution in [0.25, 0.3) is 0 Å². The second kappa shape index (κ2) is 31.4. The molecule has 1 aliphatic rings. The molecule has 1 heterocycles. The monoisotopic (exact) mass is 1070 g/mol. The Morgan fingerprint density at radius 1 is 0.662 bits per heavy atom. The summed E-state index contributed by atoms with van der Waals surface area (Å²) in [5.74, 6) is -8.35. The molecular formula is C48H68N12O12S2. The average molecular weight is 1070 g/mol. The van der Waals surface area contributed by atoms with Gasteiger partial charge in [0, 0.05) is 50.9 Å². The Hall–Kier alpha value is -7.22. The van der Waals surface area contributed by atoms with Crippen LogP contribution in [-0.4, -0.2) is 154 Å². The van der Waals surface area contributed by atoms with Gasteiger partial charge in [-0.05, 0) is 75.0 Å². The van der Waals surface area contributed by atoms with Crippen molar-refractivity contribution >= 4 is 95.9 Å². The summed E-state index contributed by atoms with van der Waals surface area (Å²) in [5.41, 5.74) is 17.1. The third-order valence-corrected chi connectivity index (χ3v) is 12.1. The van der Waals surface area contributed by atoms with Crippen LogP contribution in [0.2, 0.25) is 0 Å². The number of phenols is 1. The first-order chi connectivity index (χ1) is 35.1. The van der Waals surface area contributed by atoms with Gasteiger partial charge < -0.3 is 69.2 Å². The quantitative estimate of drug-likeness (QED) is 0.0159. The number of nitrogens with zero attached hydrogens (tertiary/aromatic N) is 2. The average Bonchev–Trinajstić information content (AvgIpc) is 3.85. The van der Waals surface area contributed by atoms with Gasteiger partial charge in [0.15, 0.2) is 5.96 Å². The van der Waals surface area contributed by atoms with Crippen LogP contribution in [-0.2, 0) is 65.6 Å². The van der Waals surface area contributed by atoms with Crippen molar-refractivity contribution in [1.29, 1.82) is 0 Å². The van der Waals surface area contributed by atoms with E-state index >= 15 is 0 Å². The van der Waals surface area contributed by atoms with Gasteiger partial charge in [0.05, 0.1) is 6.54 Å². The highest BCUT2D eigenvalue weighted by molar-refractivity contribution is 7.80. The van der Waals surface area contributed by atoms with Gasteiger partial charge >= 0.3 is 0 Å². The Balaban J connectivity index is 1.85. The lowest BCUT2D eigenvalue weighted by Gasteiger charge is -2.30. The number of benzene rings is 2. The summed E-state index contributed by atoms with van der Waals surface area (Å²) in [6, 6.07) is 5.05. The zero-order valence-corrected chi connectivity index (χ0v) is 43.1. The number of carbonyl (C=O) groups is 11. The van der Waals surface area contributed by atoms with Crippen LogP contribution >= 0.6 is 25.3 Å². The van der Waals surface area contributed by atoms with Gasteiger partial charge in [-0.25, -0.2) is 0 Å². The zero-order valence-electron chi connectivity index (χ0n) is 41.3. The maximum absolute atomic E-state index is 14.2. The van der Waals surface area contributed by atoms with E-state index in [2.05, 4.69) is 67.5 Å². The summed E-state index contributed by atoms with van der Waals surface area (Å²) < 4.78 is 0. The van der Waals surface area contributed by atoms with E-state index in [1.807, 2.05) is 0 Å². The first-order valence-corrected chi connectivity index (χ1v) is 25.1. The molecule has 7 atom stereocenters. The Labute approximate surface area is 439 Å². The number of amides is 9. The number of phenolic OH excluding ortho intramolecular Hbond substituents is 1. The Kier molecular flexibility index (Phi) is 25.9. The van der Waals surface area contributed by atoms with Crippen LogP contribution in [0, 0.1) is 0 Å². The van der Waals surface area contributed by atoms with Crippen molar-refractivity contribution in [2.75, 3.05) is 31.1 Å². The molecule has 3 rings (SSSR count). The first-order valence-electron chi connectivity index (χ1n) is 23.9. The van der Waals surface area contributed by atoms with E-state index in [9.17, 15) is 57.8 Å². The van der Waals surface area contributed by atoms with E-state index in [0.29, 0.717) is 17.5 Å². The minimum absolute atomic E-state index is 0.0229. The number of aromatic hydroxyl groups is 1. The molecule has 404 valence electrons. The van der Waals surface area contributed by atoms with Crippen LogP contribution < -0.4 is 54.4 Å². The number of nitrogens with two attached hydrogens (primary N) is 3. The number of aliphatic imine (C=N–C) groups is 1. The number of Topliss-reactive ketones (excluding diaryl/α,β-unsaturated/α-hetero) is 2. The number of hydrogen-bond acceptors (Lipinski definition) is 15. The number of nitrogens with one attached hydrogen (secondary N) is 7. The van der Waals surface area contributed by atoms with Gasteiger partial charge in [-0.3, -0.25) is 52.9 Å². The largest absolute Gasteiger partial charge is 0.508 e. The third-order valence-electron chi connectivity index (χ3n) is 11.5. The van der Waals surface area contributed by atoms with Gasteiger partial charge in [0.1, 0.15) is 59.6 Å². The van der Waals surface area contributed by atoms with Gasteiger partial charge in [0.25, 0.3) is 0 Å². The standard InChI is InChI=1S/C48H68N12O12S2/c1-27(61)12-17-33(42(67)59-37(26-74)47(72)60-20-7-11-38(60)46(71)56-32(10-6-19-52-48(50)51)41(66)53-25-39(49)64)55-43(68)34(22-28(2)62)57-45(70)36(23-29-8-4-3-5-9-29)58-44(69)35(54-40(65)18-21-73)24-30-13-15-31(63)16-14-30/h3-5,8-9,13-16,32-38,63,73-74H,6-7,10-12,17-26H2,1-2H3,(H2,49,64)(H,53,66)(H,54,65)(H,55,68)(H,56,71)(H,57,70)(H,58,69)(H,59,67)(H4,50,51,52)/t32-,33+,34+,35+,36+,37+,38+/m1/s1. The van der Waals surface area contributed by atoms with Crippen LogP contribution in [0.3, 0.4) is 0 Å². The normalized spacial score (nSPS) is 15.3. The van der Waals surface area contributed by atoms with Crippen LogP contribution in [0.15, 0.2) is 59.6 Å². The van der Waals surface area contributed by atoms with E-state index in [-0.39, 0.29) is 93.5 Å². The number of carbonyl (C=O) groups excluding carboxylic acids is 11. The minimum Gasteiger partial charge on any atom is -0.508 e. The first kappa shape index (κ1) is 61.1. The summed E-state index contributed by atoms with van der Waals surface area (Å²) in [5, 5.41) is 27.7.